The fourth-order valence-electron chi connectivity index (χ4n) is 7.67. The van der Waals surface area contributed by atoms with Gasteiger partial charge >= 0.3 is 0 Å². The first kappa shape index (κ1) is 51.7. The molecule has 3 aliphatic rings. The Bertz CT molecular complexity index is 1670. The van der Waals surface area contributed by atoms with Crippen molar-refractivity contribution in [3.05, 3.63) is 58.5 Å². The normalized spacial score (nSPS) is 31.6. The van der Waals surface area contributed by atoms with Crippen LogP contribution in [0.3, 0.4) is 0 Å². The molecule has 0 saturated carbocycles. The number of ketones is 2. The van der Waals surface area contributed by atoms with Crippen LogP contribution in [0.4, 0.5) is 0 Å². The second-order valence-corrected chi connectivity index (χ2v) is 18.1. The monoisotopic (exact) mass is 873 g/mol. The number of methoxy groups -OCH3 is 2. The topological polar surface area (TPSA) is 220 Å². The van der Waals surface area contributed by atoms with Gasteiger partial charge in [-0.2, -0.15) is 11.8 Å². The van der Waals surface area contributed by atoms with Crippen molar-refractivity contribution < 1.29 is 47.7 Å². The average Bonchev–Trinajstić information content (AvgIpc) is 3.41. The predicted molar refractivity (Wildman–Crippen MR) is 237 cm³/mol. The van der Waals surface area contributed by atoms with Crippen LogP contribution in [0.5, 0.6) is 0 Å². The highest BCUT2D eigenvalue weighted by Gasteiger charge is 2.50. The second kappa shape index (κ2) is 25.5. The van der Waals surface area contributed by atoms with Crippen LogP contribution >= 0.6 is 11.8 Å². The van der Waals surface area contributed by atoms with Crippen LogP contribution in [0.15, 0.2) is 58.5 Å². The zero-order chi connectivity index (χ0) is 45.2. The van der Waals surface area contributed by atoms with E-state index in [0.717, 1.165) is 36.7 Å². The van der Waals surface area contributed by atoms with E-state index in [0.29, 0.717) is 52.1 Å². The molecule has 1 aliphatic carbocycles. The van der Waals surface area contributed by atoms with E-state index in [4.69, 9.17) is 35.2 Å². The molecule has 16 heteroatoms. The number of thioether (sulfide) groups is 1. The second-order valence-electron chi connectivity index (χ2n) is 16.9. The lowest BCUT2D eigenvalue weighted by atomic mass is 9.79. The molecule has 2 heterocycles. The maximum atomic E-state index is 13.9. The first-order chi connectivity index (χ1) is 28.9. The van der Waals surface area contributed by atoms with Gasteiger partial charge in [-0.1, -0.05) is 44.6 Å². The Morgan fingerprint density at radius 3 is 2.34 bits per heavy atom. The Labute approximate surface area is 366 Å². The van der Waals surface area contributed by atoms with Gasteiger partial charge in [-0.05, 0) is 77.2 Å². The molecule has 3 rings (SSSR count). The molecular formula is C45H71N5O10S. The summed E-state index contributed by atoms with van der Waals surface area (Å²) < 4.78 is 28.3. The van der Waals surface area contributed by atoms with Crippen LogP contribution in [0, 0.1) is 11.8 Å². The van der Waals surface area contributed by atoms with Crippen molar-refractivity contribution in [2.75, 3.05) is 59.5 Å². The van der Waals surface area contributed by atoms with Crippen LogP contribution in [-0.2, 0) is 47.7 Å². The van der Waals surface area contributed by atoms with Gasteiger partial charge < -0.3 is 51.1 Å². The van der Waals surface area contributed by atoms with Crippen molar-refractivity contribution in [3.8, 4) is 0 Å². The Balaban J connectivity index is 1.53. The molecule has 1 saturated heterocycles. The number of nitrogens with one attached hydrogen (secondary N) is 3. The Hall–Kier alpha value is -3.64. The number of allylic oxidation sites excluding steroid dienone is 5. The van der Waals surface area contributed by atoms with Crippen molar-refractivity contribution in [2.45, 2.75) is 121 Å². The van der Waals surface area contributed by atoms with Crippen LogP contribution in [0.1, 0.15) is 86.5 Å². The van der Waals surface area contributed by atoms with Crippen LogP contribution in [0.2, 0.25) is 0 Å². The van der Waals surface area contributed by atoms with Crippen LogP contribution in [0.25, 0.3) is 0 Å². The lowest BCUT2D eigenvalue weighted by molar-refractivity contribution is -0.136. The molecule has 2 amide bonds. The first-order valence-corrected chi connectivity index (χ1v) is 22.4. The summed E-state index contributed by atoms with van der Waals surface area (Å²) in [6, 6.07) is 0. The minimum absolute atomic E-state index is 0.0127. The first-order valence-electron chi connectivity index (χ1n) is 21.3. The van der Waals surface area contributed by atoms with E-state index >= 15 is 0 Å². The number of fused-ring (bicyclic) bond motifs is 2. The third kappa shape index (κ3) is 15.9. The summed E-state index contributed by atoms with van der Waals surface area (Å²) in [5.74, 6) is -0.641. The predicted octanol–water partition coefficient (Wildman–Crippen LogP) is 3.72. The maximum Gasteiger partial charge on any atom is 0.293 e. The van der Waals surface area contributed by atoms with Crippen molar-refractivity contribution in [1.82, 2.24) is 16.0 Å². The Morgan fingerprint density at radius 1 is 1.00 bits per heavy atom. The van der Waals surface area contributed by atoms with Crippen molar-refractivity contribution in [3.63, 3.8) is 0 Å². The molecule has 0 aromatic rings. The van der Waals surface area contributed by atoms with E-state index in [2.05, 4.69) is 22.9 Å². The molecule has 0 aromatic heterocycles. The van der Waals surface area contributed by atoms with Gasteiger partial charge in [-0.25, -0.2) is 0 Å². The van der Waals surface area contributed by atoms with Gasteiger partial charge in [-0.15, -0.1) is 0 Å². The number of ether oxygens (including phenoxy) is 5. The largest absolute Gasteiger partial charge is 0.457 e. The molecule has 2 aliphatic heterocycles. The Morgan fingerprint density at radius 2 is 1.70 bits per heavy atom. The highest BCUT2D eigenvalue weighted by atomic mass is 32.2. The maximum absolute atomic E-state index is 13.9. The molecule has 342 valence electrons. The van der Waals surface area contributed by atoms with E-state index in [1.165, 1.54) is 7.11 Å². The standard InChI is InChI=1S/C45H71N5O10S/c1-29-22-32(4)42(60-28-51)37(57-8)13-11-12-31(3)43(55)50-35-26-36(52)40(34(41(35)54)25-30(2)24-33(23-29)56-7)49-17-19-59-21-20-58-18-16-48-39(53)15-10-9-14-38-45(6,47)44(5,46)27-61-38/h11-13,22,26,28-30,33,37-38,42,49H,9-10,14-21,23-25,27,46-47H2,1-8H3,(H,48,53)(H,50,55)/b13-11-,31-12+,32-22+/t29-,30-,33+,37-,38?,42-,44?,45?/m0/s1. The van der Waals surface area contributed by atoms with Crippen LogP contribution < -0.4 is 27.4 Å². The molecular weight excluding hydrogens is 803 g/mol. The van der Waals surface area contributed by atoms with Crippen LogP contribution in [-0.4, -0.2) is 124 Å². The lowest BCUT2D eigenvalue weighted by Gasteiger charge is -2.37. The molecule has 15 nitrogen and oxygen atoms in total. The lowest BCUT2D eigenvalue weighted by Crippen LogP contribution is -2.64. The van der Waals surface area contributed by atoms with Gasteiger partial charge in [0.05, 0.1) is 43.9 Å². The quantitative estimate of drug-likeness (QED) is 0.0541. The number of carbonyl (C=O) groups excluding carboxylic acids is 5. The minimum Gasteiger partial charge on any atom is -0.457 e. The van der Waals surface area contributed by atoms with Gasteiger partial charge in [0.25, 0.3) is 12.4 Å². The molecule has 7 N–H and O–H groups in total. The molecule has 0 radical (unpaired) electrons. The fourth-order valence-corrected chi connectivity index (χ4v) is 9.48. The number of carbonyl (C=O) groups is 5. The molecule has 61 heavy (non-hydrogen) atoms. The van der Waals surface area contributed by atoms with Gasteiger partial charge in [0.1, 0.15) is 6.10 Å². The third-order valence-corrected chi connectivity index (χ3v) is 13.5. The minimum atomic E-state index is -0.692. The Kier molecular flexibility index (Phi) is 21.6. The van der Waals surface area contributed by atoms with Crippen molar-refractivity contribution in [1.29, 1.82) is 0 Å². The molecule has 1 fully saturated rings. The number of rotatable bonds is 19. The van der Waals surface area contributed by atoms with E-state index < -0.39 is 40.8 Å². The summed E-state index contributed by atoms with van der Waals surface area (Å²) in [5.41, 5.74) is 13.5. The van der Waals surface area contributed by atoms with Crippen molar-refractivity contribution >= 4 is 41.6 Å². The summed E-state index contributed by atoms with van der Waals surface area (Å²) in [7, 11) is 3.15. The summed E-state index contributed by atoms with van der Waals surface area (Å²) in [6.07, 6.45) is 11.1. The van der Waals surface area contributed by atoms with Gasteiger partial charge in [0.15, 0.2) is 6.10 Å². The SMILES string of the molecule is CO[C@H]1C[C@H](C)CC2=C(NCCOCCOCCNC(=O)CCCCC3SCC(C)(N)C3(C)N)C(=O)C=C(NC(=O)/C(C)=C/C=C\[C@H](OC)[C@@H](OC=O)/C(C)=C/[C@H](C)C1)C2=O. The molecule has 8 atom stereocenters. The van der Waals surface area contributed by atoms with E-state index in [9.17, 15) is 24.0 Å². The number of hydrogen-bond acceptors (Lipinski definition) is 14. The van der Waals surface area contributed by atoms with E-state index in [-0.39, 0.29) is 71.2 Å². The van der Waals surface area contributed by atoms with Gasteiger partial charge in [0, 0.05) is 73.0 Å². The highest BCUT2D eigenvalue weighted by molar-refractivity contribution is 8.00. The number of nitrogens with two attached hydrogens (primary N) is 2. The highest BCUT2D eigenvalue weighted by Crippen LogP contribution is 2.42. The van der Waals surface area contributed by atoms with Gasteiger partial charge in [-0.3, -0.25) is 24.0 Å². The summed E-state index contributed by atoms with van der Waals surface area (Å²) in [6.45, 7) is 13.8. The summed E-state index contributed by atoms with van der Waals surface area (Å²) in [4.78, 5) is 64.4. The van der Waals surface area contributed by atoms with E-state index in [1.54, 1.807) is 32.3 Å². The average molecular weight is 874 g/mol. The fraction of sp³-hybridized carbons (Fsp3) is 0.667. The molecule has 2 bridgehead atoms. The van der Waals surface area contributed by atoms with Gasteiger partial charge in [0.2, 0.25) is 17.5 Å². The zero-order valence-corrected chi connectivity index (χ0v) is 38.3. The molecule has 0 aromatic carbocycles. The smallest absolute Gasteiger partial charge is 0.293 e. The summed E-state index contributed by atoms with van der Waals surface area (Å²) >= 11 is 1.82. The molecule has 0 spiro atoms. The summed E-state index contributed by atoms with van der Waals surface area (Å²) in [5, 5.41) is 8.93. The number of hydrogen-bond donors (Lipinski definition) is 5. The number of unbranched alkanes of at least 4 members (excludes halogenated alkanes) is 1. The zero-order valence-electron chi connectivity index (χ0n) is 37.5. The number of amides is 2. The number of Topliss-reactive ketones (excluding diaryl/α,β-unsaturated/α-hetero) is 1. The van der Waals surface area contributed by atoms with E-state index in [1.807, 2.05) is 45.5 Å². The third-order valence-electron chi connectivity index (χ3n) is 11.6. The molecule has 3 unspecified atom stereocenters. The van der Waals surface area contributed by atoms with Crippen molar-refractivity contribution in [2.24, 2.45) is 23.3 Å².